The molecule has 1 nitrogen and oxygen atoms in total. The summed E-state index contributed by atoms with van der Waals surface area (Å²) in [6.07, 6.45) is 0. The van der Waals surface area contributed by atoms with Crippen molar-refractivity contribution in [1.82, 2.24) is 0 Å². The van der Waals surface area contributed by atoms with E-state index in [1.54, 1.807) is 0 Å². The van der Waals surface area contributed by atoms with E-state index in [0.717, 1.165) is 0 Å². The van der Waals surface area contributed by atoms with Gasteiger partial charge in [-0.15, -0.1) is 16.9 Å². The predicted octanol–water partition coefficient (Wildman–Crippen LogP) is 7.50. The Morgan fingerprint density at radius 2 is 0.550 bits per heavy atom. The Morgan fingerprint density at radius 3 is 0.800 bits per heavy atom. The average Bonchev–Trinajstić information content (AvgIpc) is 3.04. The molecule has 4 heteroatoms. The number of rotatable bonds is 7. The molecule has 0 heterocycles. The smallest absolute Gasteiger partial charge is 0.147 e. The zero-order valence-electron chi connectivity index (χ0n) is 22.1. The minimum Gasteiger partial charge on any atom is -0.147 e. The van der Waals surface area contributed by atoms with E-state index in [1.165, 1.54) is 31.8 Å². The van der Waals surface area contributed by atoms with Crippen LogP contribution in [0.4, 0.5) is 0 Å². The molecule has 0 saturated carbocycles. The van der Waals surface area contributed by atoms with Crippen LogP contribution in [0.1, 0.15) is 0 Å². The Hall–Kier alpha value is -3.73. The van der Waals surface area contributed by atoms with E-state index in [9.17, 15) is 0 Å². The molecule has 6 aromatic rings. The van der Waals surface area contributed by atoms with Gasteiger partial charge in [-0.05, 0) is 36.4 Å². The van der Waals surface area contributed by atoms with Crippen LogP contribution in [-0.4, -0.2) is 0 Å². The van der Waals surface area contributed by atoms with Crippen LogP contribution in [0.2, 0.25) is 0 Å². The van der Waals surface area contributed by atoms with E-state index in [4.69, 9.17) is 4.52 Å². The Balaban J connectivity index is 0.00000323. The number of hydrogen-bond donors (Lipinski definition) is 0. The molecule has 0 bridgehead atoms. The third-order valence-electron chi connectivity index (χ3n) is 7.05. The molecule has 0 N–H and O–H groups in total. The number of nitrogens with zero attached hydrogens (tertiary/aromatic N) is 1. The van der Waals surface area contributed by atoms with Crippen LogP contribution < -0.4 is 31.8 Å². The van der Waals surface area contributed by atoms with Crippen LogP contribution in [0.25, 0.3) is 0 Å². The fourth-order valence-electron chi connectivity index (χ4n) is 5.27. The van der Waals surface area contributed by atoms with Crippen LogP contribution in [0.15, 0.2) is 187 Å². The molecule has 0 unspecified atom stereocenters. The van der Waals surface area contributed by atoms with Crippen LogP contribution in [0.5, 0.6) is 0 Å². The molecule has 0 aliphatic heterocycles. The molecule has 40 heavy (non-hydrogen) atoms. The summed E-state index contributed by atoms with van der Waals surface area (Å²) in [5, 5.41) is 7.55. The molecule has 196 valence electrons. The second-order valence-corrected chi connectivity index (χ2v) is 15.7. The maximum atomic E-state index is 6.38. The van der Waals surface area contributed by atoms with Gasteiger partial charge in [-0.3, -0.25) is 0 Å². The second-order valence-electron chi connectivity index (χ2n) is 9.37. The Bertz CT molecular complexity index is 1480. The van der Waals surface area contributed by atoms with Gasteiger partial charge in [0, 0.05) is 15.9 Å². The van der Waals surface area contributed by atoms with E-state index < -0.39 is 14.5 Å². The summed E-state index contributed by atoms with van der Waals surface area (Å²) in [5.41, 5.74) is 0. The molecular weight excluding hydrogens is 544 g/mol. The van der Waals surface area contributed by atoms with E-state index >= 15 is 0 Å². The zero-order valence-corrected chi connectivity index (χ0v) is 24.7. The highest BCUT2D eigenvalue weighted by Crippen LogP contribution is 2.65. The number of halogens is 1. The Morgan fingerprint density at radius 1 is 0.325 bits per heavy atom. The maximum Gasteiger partial charge on any atom is 0.228 e. The van der Waals surface area contributed by atoms with Gasteiger partial charge in [0.25, 0.3) is 0 Å². The molecule has 0 fully saturated rings. The van der Waals surface area contributed by atoms with Gasteiger partial charge in [0.1, 0.15) is 23.0 Å². The van der Waals surface area contributed by atoms with E-state index in [0.29, 0.717) is 0 Å². The van der Waals surface area contributed by atoms with Crippen molar-refractivity contribution in [2.24, 2.45) is 4.52 Å². The number of hydrogen-bond acceptors (Lipinski definition) is 1. The molecule has 0 saturated heterocycles. The molecule has 0 radical (unpaired) electrons. The SMILES string of the molecule is Cl.c1ccc(P(=N[P+](c2ccccc2)(c2ccccc2)c2ccccc2)(c2ccccc2)c2ccccc2)cc1. The van der Waals surface area contributed by atoms with Crippen LogP contribution >= 0.6 is 26.9 Å². The second kappa shape index (κ2) is 12.6. The monoisotopic (exact) mass is 574 g/mol. The fourth-order valence-corrected chi connectivity index (χ4v) is 14.8. The standard InChI is InChI=1S/C36H30NP2.ClH/c1-7-19-31(20-8-1)38(32-21-9-2-10-22-32,33-23-11-3-12-24-33)37-39(34-25-13-4-14-26-34,35-27-15-5-16-28-35)36-29-17-6-18-30-36;/h1-30H;1H/q+1;. The topological polar surface area (TPSA) is 12.4 Å². The van der Waals surface area contributed by atoms with Crippen molar-refractivity contribution in [3.63, 3.8) is 0 Å². The van der Waals surface area contributed by atoms with Gasteiger partial charge in [-0.25, -0.2) is 0 Å². The summed E-state index contributed by atoms with van der Waals surface area (Å²) in [6.45, 7) is 0. The molecule has 0 spiro atoms. The van der Waals surface area contributed by atoms with Crippen molar-refractivity contribution in [2.45, 2.75) is 0 Å². The van der Waals surface area contributed by atoms with Crippen LogP contribution in [-0.2, 0) is 0 Å². The van der Waals surface area contributed by atoms with Gasteiger partial charge in [0.2, 0.25) is 7.41 Å². The van der Waals surface area contributed by atoms with Gasteiger partial charge < -0.3 is 0 Å². The molecule has 6 rings (SSSR count). The van der Waals surface area contributed by atoms with Crippen molar-refractivity contribution >= 4 is 58.7 Å². The highest BCUT2D eigenvalue weighted by molar-refractivity contribution is 8.01. The molecule has 0 atom stereocenters. The summed E-state index contributed by atoms with van der Waals surface area (Å²) in [7, 11) is -4.99. The molecule has 0 aliphatic carbocycles. The first-order valence-corrected chi connectivity index (χ1v) is 16.7. The van der Waals surface area contributed by atoms with Gasteiger partial charge in [-0.2, -0.15) is 0 Å². The van der Waals surface area contributed by atoms with Crippen LogP contribution in [0, 0.1) is 0 Å². The summed E-state index contributed by atoms with van der Waals surface area (Å²) >= 11 is 0. The van der Waals surface area contributed by atoms with E-state index in [-0.39, 0.29) is 12.4 Å². The Kier molecular flexibility index (Phi) is 8.78. The van der Waals surface area contributed by atoms with Crippen molar-refractivity contribution in [3.8, 4) is 0 Å². The fraction of sp³-hybridized carbons (Fsp3) is 0. The van der Waals surface area contributed by atoms with Crippen molar-refractivity contribution < 1.29 is 0 Å². The third kappa shape index (κ3) is 5.10. The molecule has 0 amide bonds. The number of benzene rings is 6. The predicted molar refractivity (Wildman–Crippen MR) is 180 cm³/mol. The summed E-state index contributed by atoms with van der Waals surface area (Å²) < 4.78 is 6.38. The highest BCUT2D eigenvalue weighted by Gasteiger charge is 2.49. The minimum absolute atomic E-state index is 0. The van der Waals surface area contributed by atoms with E-state index in [2.05, 4.69) is 182 Å². The van der Waals surface area contributed by atoms with Gasteiger partial charge in [0.05, 0.1) is 0 Å². The van der Waals surface area contributed by atoms with Gasteiger partial charge in [0.15, 0.2) is 0 Å². The quantitative estimate of drug-likeness (QED) is 0.175. The largest absolute Gasteiger partial charge is 0.228 e. The zero-order chi connectivity index (χ0) is 26.4. The first-order chi connectivity index (χ1) is 19.3. The summed E-state index contributed by atoms with van der Waals surface area (Å²) in [4.78, 5) is 0. The average molecular weight is 575 g/mol. The normalized spacial score (nSPS) is 11.3. The van der Waals surface area contributed by atoms with Crippen molar-refractivity contribution in [3.05, 3.63) is 182 Å². The molecular formula is C36H31ClNP2+. The highest BCUT2D eigenvalue weighted by atomic mass is 35.5. The lowest BCUT2D eigenvalue weighted by molar-refractivity contribution is 1.67. The van der Waals surface area contributed by atoms with Crippen LogP contribution in [0.3, 0.4) is 0 Å². The first-order valence-electron chi connectivity index (χ1n) is 13.2. The van der Waals surface area contributed by atoms with Gasteiger partial charge in [-0.1, -0.05) is 146 Å². The third-order valence-corrected chi connectivity index (χ3v) is 15.5. The first kappa shape index (κ1) is 27.8. The molecule has 6 aromatic carbocycles. The molecule has 0 aliphatic rings. The Labute approximate surface area is 244 Å². The maximum absolute atomic E-state index is 6.38. The summed E-state index contributed by atoms with van der Waals surface area (Å²) in [5.74, 6) is 0. The van der Waals surface area contributed by atoms with Gasteiger partial charge >= 0.3 is 0 Å². The lowest BCUT2D eigenvalue weighted by atomic mass is 10.4. The minimum atomic E-state index is -2.50. The van der Waals surface area contributed by atoms with Crippen molar-refractivity contribution in [2.75, 3.05) is 0 Å². The van der Waals surface area contributed by atoms with E-state index in [1.807, 2.05) is 0 Å². The lowest BCUT2D eigenvalue weighted by Crippen LogP contribution is -2.32. The summed E-state index contributed by atoms with van der Waals surface area (Å²) in [6, 6.07) is 65.7. The lowest BCUT2D eigenvalue weighted by Gasteiger charge is -2.31. The molecule has 0 aromatic heterocycles. The van der Waals surface area contributed by atoms with Crippen molar-refractivity contribution in [1.29, 1.82) is 0 Å².